The second-order valence-corrected chi connectivity index (χ2v) is 3.73. The van der Waals surface area contributed by atoms with Crippen molar-refractivity contribution >= 4 is 17.2 Å². The molecule has 1 aliphatic heterocycles. The Morgan fingerprint density at radius 1 is 1.17 bits per heavy atom. The highest BCUT2D eigenvalue weighted by Crippen LogP contribution is 2.08. The summed E-state index contributed by atoms with van der Waals surface area (Å²) in [5, 5.41) is 8.00. The van der Waals surface area contributed by atoms with E-state index in [1.807, 2.05) is 30.5 Å². The van der Waals surface area contributed by atoms with E-state index in [2.05, 4.69) is 27.3 Å². The Bertz CT molecular complexity index is 529. The van der Waals surface area contributed by atoms with E-state index in [9.17, 15) is 4.79 Å². The van der Waals surface area contributed by atoms with Crippen molar-refractivity contribution in [3.8, 4) is 0 Å². The fraction of sp³-hybridized carbons (Fsp3) is 0.0769. The summed E-state index contributed by atoms with van der Waals surface area (Å²) < 4.78 is 0. The molecule has 1 aromatic heterocycles. The summed E-state index contributed by atoms with van der Waals surface area (Å²) in [6.45, 7) is 0. The van der Waals surface area contributed by atoms with Crippen molar-refractivity contribution in [2.24, 2.45) is 16.0 Å². The van der Waals surface area contributed by atoms with Crippen molar-refractivity contribution in [2.75, 3.05) is 0 Å². The van der Waals surface area contributed by atoms with Gasteiger partial charge in [0, 0.05) is 17.8 Å². The van der Waals surface area contributed by atoms with Gasteiger partial charge in [-0.25, -0.2) is 0 Å². The Morgan fingerprint density at radius 3 is 2.56 bits per heavy atom. The maximum Gasteiger partial charge on any atom is 0.205 e. The Hall–Kier alpha value is -2.40. The molecule has 0 spiro atoms. The molecule has 3 rings (SSSR count). The smallest absolute Gasteiger partial charge is 0.205 e. The van der Waals surface area contributed by atoms with Gasteiger partial charge in [0.05, 0.1) is 5.52 Å². The fourth-order valence-electron chi connectivity index (χ4n) is 1.40. The quantitative estimate of drug-likeness (QED) is 0.774. The van der Waals surface area contributed by atoms with E-state index in [1.54, 1.807) is 0 Å². The maximum atomic E-state index is 10.00. The number of para-hydroxylation sites is 1. The van der Waals surface area contributed by atoms with Crippen LogP contribution in [-0.2, 0) is 4.79 Å². The molecule has 1 aliphatic rings. The number of nitrogens with zero attached hydrogens (tertiary/aromatic N) is 3. The molecule has 0 bridgehead atoms. The lowest BCUT2D eigenvalue weighted by atomic mass is 10.2. The van der Waals surface area contributed by atoms with Crippen LogP contribution < -0.4 is 5.73 Å². The molecule has 1 aromatic carbocycles. The van der Waals surface area contributed by atoms with Crippen molar-refractivity contribution in [3.63, 3.8) is 0 Å². The van der Waals surface area contributed by atoms with Gasteiger partial charge >= 0.3 is 0 Å². The molecule has 1 unspecified atom stereocenters. The Morgan fingerprint density at radius 2 is 1.94 bits per heavy atom. The minimum absolute atomic E-state index is 0.542. The number of carbonyl (C=O) groups is 1. The van der Waals surface area contributed by atoms with Gasteiger partial charge in [-0.15, -0.1) is 0 Å². The Balaban J connectivity index is 0.000000138. The monoisotopic (exact) mass is 240 g/mol. The molecule has 5 nitrogen and oxygen atoms in total. The molecule has 2 heterocycles. The number of aromatic nitrogens is 1. The van der Waals surface area contributed by atoms with Gasteiger partial charge in [0.2, 0.25) is 5.66 Å². The number of azo groups is 1. The van der Waals surface area contributed by atoms with Crippen molar-refractivity contribution in [3.05, 3.63) is 54.9 Å². The number of benzene rings is 1. The molecule has 0 aliphatic carbocycles. The first-order chi connectivity index (χ1) is 8.73. The fourth-order valence-corrected chi connectivity index (χ4v) is 1.40. The average Bonchev–Trinajstić information content (AvgIpc) is 2.87. The Labute approximate surface area is 104 Å². The van der Waals surface area contributed by atoms with E-state index in [1.165, 1.54) is 17.7 Å². The number of aldehydes is 1. The predicted molar refractivity (Wildman–Crippen MR) is 68.7 cm³/mol. The zero-order chi connectivity index (χ0) is 12.8. The minimum Gasteiger partial charge on any atom is -0.299 e. The third-order valence-electron chi connectivity index (χ3n) is 2.34. The number of carbonyl (C=O) groups excluding carboxylic acids is 1. The third kappa shape index (κ3) is 2.83. The number of hydrogen-bond donors (Lipinski definition) is 1. The van der Waals surface area contributed by atoms with E-state index >= 15 is 0 Å². The summed E-state index contributed by atoms with van der Waals surface area (Å²) in [5.41, 5.74) is 5.14. The molecule has 2 N–H and O–H groups in total. The van der Waals surface area contributed by atoms with Gasteiger partial charge in [-0.1, -0.05) is 24.3 Å². The topological polar surface area (TPSA) is 80.7 Å². The average molecular weight is 240 g/mol. The number of hydrogen-bond acceptors (Lipinski definition) is 5. The third-order valence-corrected chi connectivity index (χ3v) is 2.34. The van der Waals surface area contributed by atoms with Crippen LogP contribution in [0.25, 0.3) is 10.9 Å². The van der Waals surface area contributed by atoms with Crippen molar-refractivity contribution in [2.45, 2.75) is 5.66 Å². The van der Waals surface area contributed by atoms with Crippen LogP contribution in [0, 0.1) is 0 Å². The summed E-state index contributed by atoms with van der Waals surface area (Å²) in [6, 6.07) is 12.1. The molecular weight excluding hydrogens is 228 g/mol. The van der Waals surface area contributed by atoms with Crippen LogP contribution in [0.15, 0.2) is 65.1 Å². The molecule has 18 heavy (non-hydrogen) atoms. The van der Waals surface area contributed by atoms with Crippen LogP contribution in [-0.4, -0.2) is 16.9 Å². The molecule has 2 aromatic rings. The highest BCUT2D eigenvalue weighted by atomic mass is 16.1. The van der Waals surface area contributed by atoms with Gasteiger partial charge in [-0.3, -0.25) is 15.5 Å². The predicted octanol–water partition coefficient (Wildman–Crippen LogP) is 2.05. The standard InChI is InChI=1S/C9H7N.C4H5N3O/c1-2-6-9-8(4-1)5-3-7-10-9;5-4(3-8)1-2-6-7-4/h1-7H;1-3H,5H2. The van der Waals surface area contributed by atoms with Crippen LogP contribution in [0.3, 0.4) is 0 Å². The van der Waals surface area contributed by atoms with Gasteiger partial charge in [0.25, 0.3) is 0 Å². The van der Waals surface area contributed by atoms with Gasteiger partial charge in [-0.05, 0) is 18.2 Å². The number of pyridine rings is 1. The second kappa shape index (κ2) is 5.29. The molecular formula is C13H12N4O. The highest BCUT2D eigenvalue weighted by Gasteiger charge is 2.21. The summed E-state index contributed by atoms with van der Waals surface area (Å²) >= 11 is 0. The Kier molecular flexibility index (Phi) is 3.54. The molecule has 90 valence electrons. The van der Waals surface area contributed by atoms with Crippen LogP contribution in [0.1, 0.15) is 0 Å². The van der Waals surface area contributed by atoms with E-state index < -0.39 is 5.66 Å². The van der Waals surface area contributed by atoms with E-state index in [4.69, 9.17) is 5.73 Å². The summed E-state index contributed by atoms with van der Waals surface area (Å²) in [4.78, 5) is 14.2. The molecule has 5 heteroatoms. The zero-order valence-corrected chi connectivity index (χ0v) is 9.60. The molecule has 0 radical (unpaired) electrons. The van der Waals surface area contributed by atoms with Crippen LogP contribution >= 0.6 is 0 Å². The van der Waals surface area contributed by atoms with Crippen molar-refractivity contribution in [1.82, 2.24) is 4.98 Å². The highest BCUT2D eigenvalue weighted by molar-refractivity contribution is 5.77. The lowest BCUT2D eigenvalue weighted by molar-refractivity contribution is -0.110. The summed E-state index contributed by atoms with van der Waals surface area (Å²) in [7, 11) is 0. The number of fused-ring (bicyclic) bond motifs is 1. The normalized spacial score (nSPS) is 20.5. The van der Waals surface area contributed by atoms with E-state index in [0.717, 1.165) is 5.52 Å². The summed E-state index contributed by atoms with van der Waals surface area (Å²) in [5.74, 6) is 0. The van der Waals surface area contributed by atoms with Gasteiger partial charge in [0.15, 0.2) is 6.29 Å². The minimum atomic E-state index is -1.17. The largest absolute Gasteiger partial charge is 0.299 e. The molecule has 0 fully saturated rings. The molecule has 0 saturated carbocycles. The van der Waals surface area contributed by atoms with Crippen molar-refractivity contribution in [1.29, 1.82) is 0 Å². The van der Waals surface area contributed by atoms with Gasteiger partial charge < -0.3 is 0 Å². The first-order valence-corrected chi connectivity index (χ1v) is 5.38. The number of rotatable bonds is 1. The molecule has 1 atom stereocenters. The zero-order valence-electron chi connectivity index (χ0n) is 9.60. The first kappa shape index (κ1) is 12.1. The lowest BCUT2D eigenvalue weighted by Crippen LogP contribution is -2.34. The van der Waals surface area contributed by atoms with Gasteiger partial charge in [-0.2, -0.15) is 10.2 Å². The van der Waals surface area contributed by atoms with Crippen LogP contribution in [0.2, 0.25) is 0 Å². The van der Waals surface area contributed by atoms with Crippen molar-refractivity contribution < 1.29 is 4.79 Å². The molecule has 0 amide bonds. The second-order valence-electron chi connectivity index (χ2n) is 3.73. The van der Waals surface area contributed by atoms with E-state index in [0.29, 0.717) is 6.29 Å². The SMILES string of the molecule is NC1(C=O)C=CN=N1.c1ccc2ncccc2c1. The van der Waals surface area contributed by atoms with Crippen LogP contribution in [0.5, 0.6) is 0 Å². The van der Waals surface area contributed by atoms with E-state index in [-0.39, 0.29) is 0 Å². The summed E-state index contributed by atoms with van der Waals surface area (Å²) in [6.07, 6.45) is 5.18. The number of nitrogens with two attached hydrogens (primary N) is 1. The van der Waals surface area contributed by atoms with Crippen LogP contribution in [0.4, 0.5) is 0 Å². The maximum absolute atomic E-state index is 10.00. The first-order valence-electron chi connectivity index (χ1n) is 5.38. The van der Waals surface area contributed by atoms with Gasteiger partial charge in [0.1, 0.15) is 0 Å². The lowest BCUT2D eigenvalue weighted by Gasteiger charge is -2.03. The molecule has 0 saturated heterocycles.